The molecule has 1 aromatic heterocycles. The number of rotatable bonds is 4. The highest BCUT2D eigenvalue weighted by Crippen LogP contribution is 2.37. The van der Waals surface area contributed by atoms with Gasteiger partial charge in [0.1, 0.15) is 5.82 Å². The molecule has 3 heteroatoms. The maximum atomic E-state index is 4.62. The molecule has 0 aromatic carbocycles. The number of anilines is 1. The molecule has 19 heavy (non-hydrogen) atoms. The van der Waals surface area contributed by atoms with E-state index in [0.29, 0.717) is 0 Å². The number of hydrogen-bond donors (Lipinski definition) is 1. The van der Waals surface area contributed by atoms with Crippen LogP contribution in [0.3, 0.4) is 0 Å². The Morgan fingerprint density at radius 3 is 2.89 bits per heavy atom. The Kier molecular flexibility index (Phi) is 4.02. The smallest absolute Gasteiger partial charge is 0.129 e. The first-order valence-electron chi connectivity index (χ1n) is 7.74. The van der Waals surface area contributed by atoms with Gasteiger partial charge in [-0.25, -0.2) is 4.98 Å². The monoisotopic (exact) mass is 259 g/mol. The van der Waals surface area contributed by atoms with Gasteiger partial charge in [0.25, 0.3) is 0 Å². The first-order valence-corrected chi connectivity index (χ1v) is 7.74. The van der Waals surface area contributed by atoms with Crippen molar-refractivity contribution < 1.29 is 0 Å². The molecule has 2 aliphatic rings. The molecule has 104 valence electrons. The maximum absolute atomic E-state index is 4.62. The average molecular weight is 259 g/mol. The Hall–Kier alpha value is -1.09. The van der Waals surface area contributed by atoms with Crippen LogP contribution in [0.2, 0.25) is 0 Å². The SMILES string of the molecule is CNCc1ccnc(N2CCCC2C2CCCC2)c1. The molecule has 1 atom stereocenters. The van der Waals surface area contributed by atoms with Crippen LogP contribution >= 0.6 is 0 Å². The Morgan fingerprint density at radius 1 is 1.26 bits per heavy atom. The zero-order valence-electron chi connectivity index (χ0n) is 11.9. The quantitative estimate of drug-likeness (QED) is 0.901. The predicted octanol–water partition coefficient (Wildman–Crippen LogP) is 2.96. The van der Waals surface area contributed by atoms with Crippen LogP contribution in [0.25, 0.3) is 0 Å². The second kappa shape index (κ2) is 5.91. The van der Waals surface area contributed by atoms with Gasteiger partial charge in [-0.3, -0.25) is 0 Å². The van der Waals surface area contributed by atoms with Crippen LogP contribution < -0.4 is 10.2 Å². The third kappa shape index (κ3) is 2.76. The van der Waals surface area contributed by atoms with Gasteiger partial charge >= 0.3 is 0 Å². The van der Waals surface area contributed by atoms with Crippen molar-refractivity contribution in [1.82, 2.24) is 10.3 Å². The molecular weight excluding hydrogens is 234 g/mol. The summed E-state index contributed by atoms with van der Waals surface area (Å²) in [7, 11) is 2.00. The lowest BCUT2D eigenvalue weighted by atomic mass is 9.96. The van der Waals surface area contributed by atoms with Crippen LogP contribution in [-0.2, 0) is 6.54 Å². The van der Waals surface area contributed by atoms with Crippen molar-refractivity contribution in [2.45, 2.75) is 51.1 Å². The molecule has 3 nitrogen and oxygen atoms in total. The van der Waals surface area contributed by atoms with Crippen LogP contribution in [-0.4, -0.2) is 24.6 Å². The number of aromatic nitrogens is 1. The van der Waals surface area contributed by atoms with Crippen molar-refractivity contribution >= 4 is 5.82 Å². The Morgan fingerprint density at radius 2 is 2.11 bits per heavy atom. The molecule has 2 fully saturated rings. The molecule has 1 aliphatic carbocycles. The number of nitrogens with zero attached hydrogens (tertiary/aromatic N) is 2. The summed E-state index contributed by atoms with van der Waals surface area (Å²) in [6.07, 6.45) is 10.4. The third-order valence-electron chi connectivity index (χ3n) is 4.73. The summed E-state index contributed by atoms with van der Waals surface area (Å²) >= 11 is 0. The van der Waals surface area contributed by atoms with Crippen LogP contribution in [0, 0.1) is 5.92 Å². The van der Waals surface area contributed by atoms with Gasteiger partial charge in [-0.05, 0) is 56.3 Å². The van der Waals surface area contributed by atoms with Crippen molar-refractivity contribution in [3.05, 3.63) is 23.9 Å². The van der Waals surface area contributed by atoms with Gasteiger partial charge in [-0.15, -0.1) is 0 Å². The van der Waals surface area contributed by atoms with E-state index in [1.807, 2.05) is 13.2 Å². The van der Waals surface area contributed by atoms with Crippen molar-refractivity contribution in [1.29, 1.82) is 0 Å². The molecule has 0 radical (unpaired) electrons. The summed E-state index contributed by atoms with van der Waals surface area (Å²) in [6, 6.07) is 5.13. The molecule has 1 saturated heterocycles. The molecule has 1 aromatic rings. The Labute approximate surface area is 116 Å². The highest BCUT2D eigenvalue weighted by atomic mass is 15.2. The average Bonchev–Trinajstić information content (AvgIpc) is 3.10. The second-order valence-corrected chi connectivity index (χ2v) is 6.00. The van der Waals surface area contributed by atoms with Gasteiger partial charge < -0.3 is 10.2 Å². The predicted molar refractivity (Wildman–Crippen MR) is 79.3 cm³/mol. The van der Waals surface area contributed by atoms with E-state index in [1.54, 1.807) is 0 Å². The van der Waals surface area contributed by atoms with Gasteiger partial charge in [0.2, 0.25) is 0 Å². The fourth-order valence-corrected chi connectivity index (χ4v) is 3.84. The summed E-state index contributed by atoms with van der Waals surface area (Å²) in [5, 5.41) is 3.22. The minimum atomic E-state index is 0.750. The minimum absolute atomic E-state index is 0.750. The molecule has 1 unspecified atom stereocenters. The number of hydrogen-bond acceptors (Lipinski definition) is 3. The largest absolute Gasteiger partial charge is 0.353 e. The van der Waals surface area contributed by atoms with Crippen LogP contribution in [0.5, 0.6) is 0 Å². The standard InChI is InChI=1S/C16H25N3/c1-17-12-13-8-9-18-16(11-13)19-10-4-7-15(19)14-5-2-3-6-14/h8-9,11,14-15,17H,2-7,10,12H2,1H3. The van der Waals surface area contributed by atoms with E-state index in [1.165, 1.54) is 56.5 Å². The van der Waals surface area contributed by atoms with Crippen molar-refractivity contribution in [3.63, 3.8) is 0 Å². The zero-order valence-corrected chi connectivity index (χ0v) is 11.9. The molecular formula is C16H25N3. The van der Waals surface area contributed by atoms with E-state index < -0.39 is 0 Å². The van der Waals surface area contributed by atoms with Gasteiger partial charge in [0.05, 0.1) is 0 Å². The highest BCUT2D eigenvalue weighted by molar-refractivity contribution is 5.43. The molecule has 0 amide bonds. The topological polar surface area (TPSA) is 28.2 Å². The first kappa shape index (κ1) is 12.9. The summed E-state index contributed by atoms with van der Waals surface area (Å²) in [5.41, 5.74) is 1.34. The van der Waals surface area contributed by atoms with E-state index >= 15 is 0 Å². The Bertz CT molecular complexity index is 412. The molecule has 2 heterocycles. The van der Waals surface area contributed by atoms with Crippen LogP contribution in [0.1, 0.15) is 44.1 Å². The second-order valence-electron chi connectivity index (χ2n) is 6.00. The summed E-state index contributed by atoms with van der Waals surface area (Å²) in [5.74, 6) is 2.11. The normalized spacial score (nSPS) is 24.3. The number of nitrogens with one attached hydrogen (secondary N) is 1. The Balaban J connectivity index is 1.77. The van der Waals surface area contributed by atoms with Crippen LogP contribution in [0.15, 0.2) is 18.3 Å². The summed E-state index contributed by atoms with van der Waals surface area (Å²) in [6.45, 7) is 2.12. The van der Waals surface area contributed by atoms with Gasteiger partial charge in [0, 0.05) is 25.3 Å². The molecule has 3 rings (SSSR count). The zero-order chi connectivity index (χ0) is 13.1. The highest BCUT2D eigenvalue weighted by Gasteiger charge is 2.33. The number of pyridine rings is 1. The van der Waals surface area contributed by atoms with E-state index in [9.17, 15) is 0 Å². The molecule has 1 N–H and O–H groups in total. The maximum Gasteiger partial charge on any atom is 0.129 e. The fraction of sp³-hybridized carbons (Fsp3) is 0.688. The molecule has 0 bridgehead atoms. The lowest BCUT2D eigenvalue weighted by molar-refractivity contribution is 0.429. The summed E-state index contributed by atoms with van der Waals surface area (Å²) < 4.78 is 0. The van der Waals surface area contributed by atoms with Crippen LogP contribution in [0.4, 0.5) is 5.82 Å². The van der Waals surface area contributed by atoms with Gasteiger partial charge in [-0.2, -0.15) is 0 Å². The molecule has 0 spiro atoms. The van der Waals surface area contributed by atoms with E-state index in [-0.39, 0.29) is 0 Å². The summed E-state index contributed by atoms with van der Waals surface area (Å²) in [4.78, 5) is 7.20. The third-order valence-corrected chi connectivity index (χ3v) is 4.73. The van der Waals surface area contributed by atoms with E-state index in [4.69, 9.17) is 0 Å². The minimum Gasteiger partial charge on any atom is -0.353 e. The first-order chi connectivity index (χ1) is 9.38. The van der Waals surface area contributed by atoms with Gasteiger partial charge in [-0.1, -0.05) is 12.8 Å². The van der Waals surface area contributed by atoms with E-state index in [0.717, 1.165) is 18.5 Å². The van der Waals surface area contributed by atoms with E-state index in [2.05, 4.69) is 27.3 Å². The van der Waals surface area contributed by atoms with Crippen molar-refractivity contribution in [2.75, 3.05) is 18.5 Å². The lowest BCUT2D eigenvalue weighted by Gasteiger charge is -2.30. The van der Waals surface area contributed by atoms with Crippen molar-refractivity contribution in [3.8, 4) is 0 Å². The fourth-order valence-electron chi connectivity index (χ4n) is 3.84. The van der Waals surface area contributed by atoms with Gasteiger partial charge in [0.15, 0.2) is 0 Å². The lowest BCUT2D eigenvalue weighted by Crippen LogP contribution is -2.35. The van der Waals surface area contributed by atoms with Crippen molar-refractivity contribution in [2.24, 2.45) is 5.92 Å². The molecule has 1 aliphatic heterocycles. The molecule has 1 saturated carbocycles.